The van der Waals surface area contributed by atoms with Gasteiger partial charge in [0.05, 0.1) is 0 Å². The molecule has 1 nitrogen and oxygen atoms in total. The van der Waals surface area contributed by atoms with Crippen LogP contribution < -0.4 is 4.74 Å². The van der Waals surface area contributed by atoms with Gasteiger partial charge in [0.1, 0.15) is 12.4 Å². The van der Waals surface area contributed by atoms with E-state index in [0.717, 1.165) is 5.75 Å². The molecule has 2 rings (SSSR count). The quantitative estimate of drug-likeness (QED) is 0.752. The third kappa shape index (κ3) is 3.13. The fraction of sp³-hybridized carbons (Fsp3) is 0.294. The van der Waals surface area contributed by atoms with E-state index < -0.39 is 0 Å². The highest BCUT2D eigenvalue weighted by Gasteiger charge is 2.05. The summed E-state index contributed by atoms with van der Waals surface area (Å²) in [5.41, 5.74) is 3.89. The Morgan fingerprint density at radius 2 is 1.72 bits per heavy atom. The highest BCUT2D eigenvalue weighted by Crippen LogP contribution is 2.24. The van der Waals surface area contributed by atoms with Crippen LogP contribution in [0, 0.1) is 6.92 Å². The molecule has 0 aliphatic rings. The van der Waals surface area contributed by atoms with E-state index in [1.165, 1.54) is 16.7 Å². The predicted octanol–water partition coefficient (Wildman–Crippen LogP) is 4.70. The number of hydrogen-bond donors (Lipinski definition) is 0. The highest BCUT2D eigenvalue weighted by atomic mass is 16.5. The predicted molar refractivity (Wildman–Crippen MR) is 76.0 cm³/mol. The van der Waals surface area contributed by atoms with Gasteiger partial charge in [0, 0.05) is 0 Å². The van der Waals surface area contributed by atoms with E-state index in [-0.39, 0.29) is 0 Å². The summed E-state index contributed by atoms with van der Waals surface area (Å²) in [7, 11) is 0. The van der Waals surface area contributed by atoms with E-state index in [1.807, 2.05) is 24.3 Å². The Morgan fingerprint density at radius 1 is 1.00 bits per heavy atom. The van der Waals surface area contributed by atoms with Crippen LogP contribution in [0.2, 0.25) is 0 Å². The zero-order valence-corrected chi connectivity index (χ0v) is 11.3. The third-order valence-corrected chi connectivity index (χ3v) is 3.12. The molecule has 2 aromatic rings. The summed E-state index contributed by atoms with van der Waals surface area (Å²) < 4.78 is 5.84. The second-order valence-electron chi connectivity index (χ2n) is 4.95. The van der Waals surface area contributed by atoms with Gasteiger partial charge in [-0.25, -0.2) is 0 Å². The van der Waals surface area contributed by atoms with Crippen LogP contribution in [-0.4, -0.2) is 0 Å². The second-order valence-corrected chi connectivity index (χ2v) is 4.95. The van der Waals surface area contributed by atoms with Crippen LogP contribution in [0.1, 0.15) is 36.5 Å². The number of benzene rings is 2. The van der Waals surface area contributed by atoms with Gasteiger partial charge in [0.15, 0.2) is 0 Å². The van der Waals surface area contributed by atoms with E-state index in [0.29, 0.717) is 12.5 Å². The van der Waals surface area contributed by atoms with Crippen molar-refractivity contribution in [2.45, 2.75) is 33.3 Å². The van der Waals surface area contributed by atoms with E-state index >= 15 is 0 Å². The zero-order chi connectivity index (χ0) is 13.0. The summed E-state index contributed by atoms with van der Waals surface area (Å²) in [6.07, 6.45) is 0. The smallest absolute Gasteiger partial charge is 0.120 e. The summed E-state index contributed by atoms with van der Waals surface area (Å²) in [6.45, 7) is 7.20. The second kappa shape index (κ2) is 5.72. The number of rotatable bonds is 4. The van der Waals surface area contributed by atoms with E-state index in [9.17, 15) is 0 Å². The first-order valence-electron chi connectivity index (χ1n) is 6.44. The van der Waals surface area contributed by atoms with Gasteiger partial charge in [-0.3, -0.25) is 0 Å². The molecule has 0 N–H and O–H groups in total. The van der Waals surface area contributed by atoms with Crippen LogP contribution in [0.4, 0.5) is 0 Å². The zero-order valence-electron chi connectivity index (χ0n) is 11.3. The van der Waals surface area contributed by atoms with Crippen molar-refractivity contribution in [1.29, 1.82) is 0 Å². The molecule has 0 spiro atoms. The van der Waals surface area contributed by atoms with Crippen LogP contribution >= 0.6 is 0 Å². The van der Waals surface area contributed by atoms with Gasteiger partial charge in [-0.2, -0.15) is 0 Å². The van der Waals surface area contributed by atoms with Gasteiger partial charge in [0.25, 0.3) is 0 Å². The molecule has 0 bridgehead atoms. The molecule has 0 aliphatic carbocycles. The van der Waals surface area contributed by atoms with Crippen LogP contribution in [-0.2, 0) is 6.61 Å². The van der Waals surface area contributed by atoms with Crippen molar-refractivity contribution in [2.75, 3.05) is 0 Å². The van der Waals surface area contributed by atoms with Crippen molar-refractivity contribution in [3.63, 3.8) is 0 Å². The Morgan fingerprint density at radius 3 is 2.39 bits per heavy atom. The molecule has 18 heavy (non-hydrogen) atoms. The van der Waals surface area contributed by atoms with Crippen LogP contribution in [0.15, 0.2) is 48.5 Å². The molecule has 0 fully saturated rings. The molecular weight excluding hydrogens is 220 g/mol. The number of ether oxygens (including phenoxy) is 1. The van der Waals surface area contributed by atoms with Gasteiger partial charge in [-0.1, -0.05) is 50.2 Å². The maximum absolute atomic E-state index is 5.84. The molecule has 0 heterocycles. The molecule has 0 aromatic heterocycles. The minimum atomic E-state index is 0.533. The molecule has 0 aliphatic heterocycles. The minimum Gasteiger partial charge on any atom is -0.489 e. The third-order valence-electron chi connectivity index (χ3n) is 3.12. The fourth-order valence-electron chi connectivity index (χ4n) is 2.07. The first kappa shape index (κ1) is 12.7. The Labute approximate surface area is 109 Å². The van der Waals surface area contributed by atoms with Gasteiger partial charge in [-0.05, 0) is 41.7 Å². The average Bonchev–Trinajstić information content (AvgIpc) is 2.38. The van der Waals surface area contributed by atoms with Crippen LogP contribution in [0.5, 0.6) is 5.75 Å². The first-order chi connectivity index (χ1) is 8.66. The molecule has 0 saturated carbocycles. The molecular formula is C17H20O. The lowest BCUT2D eigenvalue weighted by molar-refractivity contribution is 0.305. The SMILES string of the molecule is Cc1ccc(OCc2ccccc2)cc1C(C)C. The summed E-state index contributed by atoms with van der Waals surface area (Å²) in [5.74, 6) is 1.48. The minimum absolute atomic E-state index is 0.533. The lowest BCUT2D eigenvalue weighted by Crippen LogP contribution is -1.98. The van der Waals surface area contributed by atoms with Gasteiger partial charge in [-0.15, -0.1) is 0 Å². The van der Waals surface area contributed by atoms with Crippen molar-refractivity contribution < 1.29 is 4.74 Å². The summed E-state index contributed by atoms with van der Waals surface area (Å²) in [5, 5.41) is 0. The standard InChI is InChI=1S/C17H20O/c1-13(2)17-11-16(10-9-14(17)3)18-12-15-7-5-4-6-8-15/h4-11,13H,12H2,1-3H3. The normalized spacial score (nSPS) is 10.7. The summed E-state index contributed by atoms with van der Waals surface area (Å²) in [6, 6.07) is 16.6. The van der Waals surface area contributed by atoms with Crippen molar-refractivity contribution in [2.24, 2.45) is 0 Å². The fourth-order valence-corrected chi connectivity index (χ4v) is 2.07. The van der Waals surface area contributed by atoms with Crippen molar-refractivity contribution >= 4 is 0 Å². The molecule has 0 radical (unpaired) electrons. The lowest BCUT2D eigenvalue weighted by Gasteiger charge is -2.13. The molecule has 0 amide bonds. The van der Waals surface area contributed by atoms with E-state index in [4.69, 9.17) is 4.74 Å². The van der Waals surface area contributed by atoms with Crippen LogP contribution in [0.25, 0.3) is 0 Å². The molecule has 0 unspecified atom stereocenters. The monoisotopic (exact) mass is 240 g/mol. The van der Waals surface area contributed by atoms with Gasteiger partial charge < -0.3 is 4.74 Å². The van der Waals surface area contributed by atoms with Crippen molar-refractivity contribution in [3.05, 3.63) is 65.2 Å². The largest absolute Gasteiger partial charge is 0.489 e. The molecule has 94 valence electrons. The highest BCUT2D eigenvalue weighted by molar-refractivity contribution is 5.36. The number of hydrogen-bond acceptors (Lipinski definition) is 1. The van der Waals surface area contributed by atoms with E-state index in [2.05, 4.69) is 45.0 Å². The molecule has 0 atom stereocenters. The van der Waals surface area contributed by atoms with Crippen LogP contribution in [0.3, 0.4) is 0 Å². The number of aryl methyl sites for hydroxylation is 1. The summed E-state index contributed by atoms with van der Waals surface area (Å²) in [4.78, 5) is 0. The topological polar surface area (TPSA) is 9.23 Å². The van der Waals surface area contributed by atoms with Gasteiger partial charge >= 0.3 is 0 Å². The Balaban J connectivity index is 2.08. The maximum Gasteiger partial charge on any atom is 0.120 e. The van der Waals surface area contributed by atoms with E-state index in [1.54, 1.807) is 0 Å². The van der Waals surface area contributed by atoms with Crippen molar-refractivity contribution in [3.8, 4) is 5.75 Å². The lowest BCUT2D eigenvalue weighted by atomic mass is 9.98. The average molecular weight is 240 g/mol. The van der Waals surface area contributed by atoms with Gasteiger partial charge in [0.2, 0.25) is 0 Å². The Kier molecular flexibility index (Phi) is 4.03. The summed E-state index contributed by atoms with van der Waals surface area (Å²) >= 11 is 0. The maximum atomic E-state index is 5.84. The molecule has 0 saturated heterocycles. The molecule has 2 aromatic carbocycles. The Hall–Kier alpha value is -1.76. The Bertz CT molecular complexity index is 500. The van der Waals surface area contributed by atoms with Crippen molar-refractivity contribution in [1.82, 2.24) is 0 Å². The molecule has 1 heteroatoms. The first-order valence-corrected chi connectivity index (χ1v) is 6.44.